The zero-order valence-corrected chi connectivity index (χ0v) is 10.7. The summed E-state index contributed by atoms with van der Waals surface area (Å²) in [6.07, 6.45) is 2.08. The van der Waals surface area contributed by atoms with Crippen LogP contribution in [0.1, 0.15) is 24.0 Å². The number of nitriles is 1. The second-order valence-electron chi connectivity index (χ2n) is 4.75. The second-order valence-corrected chi connectivity index (χ2v) is 4.75. The van der Waals surface area contributed by atoms with E-state index in [1.807, 2.05) is 12.1 Å². The van der Waals surface area contributed by atoms with Crippen LogP contribution in [-0.2, 0) is 6.54 Å². The zero-order chi connectivity index (χ0) is 13.0. The third-order valence-electron chi connectivity index (χ3n) is 3.44. The topological polar surface area (TPSA) is 62.3 Å². The molecule has 0 radical (unpaired) electrons. The Morgan fingerprint density at radius 2 is 2.17 bits per heavy atom. The molecule has 1 saturated heterocycles. The van der Waals surface area contributed by atoms with Crippen LogP contribution in [0.2, 0.25) is 0 Å². The molecule has 1 fully saturated rings. The first-order valence-corrected chi connectivity index (χ1v) is 6.28. The molecule has 1 aromatic rings. The van der Waals surface area contributed by atoms with Gasteiger partial charge >= 0.3 is 0 Å². The molecule has 0 spiro atoms. The fraction of sp³-hybridized carbons (Fsp3) is 0.500. The van der Waals surface area contributed by atoms with Crippen molar-refractivity contribution in [3.05, 3.63) is 29.3 Å². The first-order chi connectivity index (χ1) is 8.72. The van der Waals surface area contributed by atoms with E-state index in [1.165, 1.54) is 0 Å². The number of piperidine rings is 1. The van der Waals surface area contributed by atoms with Crippen LogP contribution in [0.25, 0.3) is 0 Å². The quantitative estimate of drug-likeness (QED) is 0.876. The van der Waals surface area contributed by atoms with E-state index in [2.05, 4.69) is 11.0 Å². The van der Waals surface area contributed by atoms with Crippen LogP contribution in [-0.4, -0.2) is 31.1 Å². The lowest BCUT2D eigenvalue weighted by atomic mass is 10.0. The fourth-order valence-corrected chi connectivity index (χ4v) is 2.32. The minimum Gasteiger partial charge on any atom is -0.496 e. The summed E-state index contributed by atoms with van der Waals surface area (Å²) in [5, 5.41) is 8.95. The van der Waals surface area contributed by atoms with Crippen molar-refractivity contribution in [3.63, 3.8) is 0 Å². The van der Waals surface area contributed by atoms with Gasteiger partial charge in [0.2, 0.25) is 0 Å². The average Bonchev–Trinajstić information content (AvgIpc) is 2.41. The number of likely N-dealkylation sites (tertiary alicyclic amines) is 1. The number of hydrogen-bond donors (Lipinski definition) is 1. The SMILES string of the molecule is COc1ccc(C#N)cc1CN1CCC(N)CC1. The maximum atomic E-state index is 8.95. The molecule has 2 rings (SSSR count). The van der Waals surface area contributed by atoms with Gasteiger partial charge in [0, 0.05) is 18.2 Å². The van der Waals surface area contributed by atoms with E-state index in [0.717, 1.165) is 43.8 Å². The summed E-state index contributed by atoms with van der Waals surface area (Å²) in [6, 6.07) is 8.07. The van der Waals surface area contributed by atoms with Gasteiger partial charge in [-0.15, -0.1) is 0 Å². The Balaban J connectivity index is 2.10. The summed E-state index contributed by atoms with van der Waals surface area (Å²) >= 11 is 0. The van der Waals surface area contributed by atoms with E-state index in [1.54, 1.807) is 13.2 Å². The molecule has 4 nitrogen and oxygen atoms in total. The minimum absolute atomic E-state index is 0.341. The van der Waals surface area contributed by atoms with E-state index in [-0.39, 0.29) is 0 Å². The molecule has 0 atom stereocenters. The van der Waals surface area contributed by atoms with Gasteiger partial charge in [0.15, 0.2) is 0 Å². The molecule has 0 bridgehead atoms. The maximum absolute atomic E-state index is 8.95. The highest BCUT2D eigenvalue weighted by Gasteiger charge is 2.17. The monoisotopic (exact) mass is 245 g/mol. The fourth-order valence-electron chi connectivity index (χ4n) is 2.32. The lowest BCUT2D eigenvalue weighted by Gasteiger charge is -2.30. The van der Waals surface area contributed by atoms with Crippen molar-refractivity contribution < 1.29 is 4.74 Å². The van der Waals surface area contributed by atoms with Crippen molar-refractivity contribution in [1.82, 2.24) is 4.90 Å². The Hall–Kier alpha value is -1.57. The number of benzene rings is 1. The predicted molar refractivity (Wildman–Crippen MR) is 70.2 cm³/mol. The smallest absolute Gasteiger partial charge is 0.123 e. The Bertz CT molecular complexity index is 445. The highest BCUT2D eigenvalue weighted by atomic mass is 16.5. The van der Waals surface area contributed by atoms with Gasteiger partial charge in [-0.2, -0.15) is 5.26 Å². The lowest BCUT2D eigenvalue weighted by molar-refractivity contribution is 0.203. The molecule has 0 aromatic heterocycles. The summed E-state index contributed by atoms with van der Waals surface area (Å²) in [6.45, 7) is 2.85. The number of nitrogens with zero attached hydrogens (tertiary/aromatic N) is 2. The van der Waals surface area contributed by atoms with Gasteiger partial charge in [-0.3, -0.25) is 4.90 Å². The van der Waals surface area contributed by atoms with Gasteiger partial charge < -0.3 is 10.5 Å². The van der Waals surface area contributed by atoms with Crippen molar-refractivity contribution in [2.24, 2.45) is 5.73 Å². The molecule has 1 heterocycles. The standard InChI is InChI=1S/C14H19N3O/c1-18-14-3-2-11(9-15)8-12(14)10-17-6-4-13(16)5-7-17/h2-3,8,13H,4-7,10,16H2,1H3. The van der Waals surface area contributed by atoms with Crippen LogP contribution in [0.15, 0.2) is 18.2 Å². The first kappa shape index (κ1) is 12.9. The van der Waals surface area contributed by atoms with E-state index >= 15 is 0 Å². The number of hydrogen-bond acceptors (Lipinski definition) is 4. The average molecular weight is 245 g/mol. The Morgan fingerprint density at radius 1 is 1.44 bits per heavy atom. The molecule has 96 valence electrons. The van der Waals surface area contributed by atoms with Crippen molar-refractivity contribution >= 4 is 0 Å². The Morgan fingerprint density at radius 3 is 2.78 bits per heavy atom. The van der Waals surface area contributed by atoms with Crippen molar-refractivity contribution in [1.29, 1.82) is 5.26 Å². The van der Waals surface area contributed by atoms with Crippen LogP contribution >= 0.6 is 0 Å². The van der Waals surface area contributed by atoms with Crippen molar-refractivity contribution in [2.45, 2.75) is 25.4 Å². The van der Waals surface area contributed by atoms with Gasteiger partial charge in [-0.25, -0.2) is 0 Å². The highest BCUT2D eigenvalue weighted by molar-refractivity contribution is 5.42. The number of ether oxygens (including phenoxy) is 1. The largest absolute Gasteiger partial charge is 0.496 e. The lowest BCUT2D eigenvalue weighted by Crippen LogP contribution is -2.39. The van der Waals surface area contributed by atoms with Gasteiger partial charge in [0.05, 0.1) is 18.7 Å². The first-order valence-electron chi connectivity index (χ1n) is 6.28. The van der Waals surface area contributed by atoms with Crippen LogP contribution < -0.4 is 10.5 Å². The molecular weight excluding hydrogens is 226 g/mol. The molecule has 0 amide bonds. The summed E-state index contributed by atoms with van der Waals surface area (Å²) in [4.78, 5) is 2.36. The predicted octanol–water partition coefficient (Wildman–Crippen LogP) is 1.49. The van der Waals surface area contributed by atoms with E-state index < -0.39 is 0 Å². The van der Waals surface area contributed by atoms with E-state index in [0.29, 0.717) is 11.6 Å². The highest BCUT2D eigenvalue weighted by Crippen LogP contribution is 2.22. The Labute approximate surface area is 108 Å². The molecule has 0 saturated carbocycles. The number of nitrogens with two attached hydrogens (primary N) is 1. The van der Waals surface area contributed by atoms with Gasteiger partial charge in [-0.1, -0.05) is 0 Å². The van der Waals surface area contributed by atoms with Crippen molar-refractivity contribution in [2.75, 3.05) is 20.2 Å². The molecule has 2 N–H and O–H groups in total. The van der Waals surface area contributed by atoms with Crippen LogP contribution in [0, 0.1) is 11.3 Å². The maximum Gasteiger partial charge on any atom is 0.123 e. The molecule has 0 unspecified atom stereocenters. The summed E-state index contributed by atoms with van der Waals surface area (Å²) in [5.41, 5.74) is 7.65. The molecule has 4 heteroatoms. The van der Waals surface area contributed by atoms with Gasteiger partial charge in [0.25, 0.3) is 0 Å². The number of methoxy groups -OCH3 is 1. The third kappa shape index (κ3) is 3.00. The summed E-state index contributed by atoms with van der Waals surface area (Å²) < 4.78 is 5.35. The normalized spacial score (nSPS) is 17.4. The van der Waals surface area contributed by atoms with Gasteiger partial charge in [-0.05, 0) is 44.1 Å². The second kappa shape index (κ2) is 5.85. The molecular formula is C14H19N3O. The molecule has 1 aromatic carbocycles. The minimum atomic E-state index is 0.341. The van der Waals surface area contributed by atoms with Crippen LogP contribution in [0.5, 0.6) is 5.75 Å². The molecule has 18 heavy (non-hydrogen) atoms. The zero-order valence-electron chi connectivity index (χ0n) is 10.7. The molecule has 0 aliphatic carbocycles. The van der Waals surface area contributed by atoms with Crippen LogP contribution in [0.4, 0.5) is 0 Å². The summed E-state index contributed by atoms with van der Waals surface area (Å²) in [5.74, 6) is 0.851. The van der Waals surface area contributed by atoms with E-state index in [9.17, 15) is 0 Å². The van der Waals surface area contributed by atoms with Crippen molar-refractivity contribution in [3.8, 4) is 11.8 Å². The van der Waals surface area contributed by atoms with E-state index in [4.69, 9.17) is 15.7 Å². The number of rotatable bonds is 3. The molecule has 1 aliphatic rings. The van der Waals surface area contributed by atoms with Gasteiger partial charge in [0.1, 0.15) is 5.75 Å². The Kier molecular flexibility index (Phi) is 4.19. The molecule has 1 aliphatic heterocycles. The van der Waals surface area contributed by atoms with Crippen LogP contribution in [0.3, 0.4) is 0 Å². The summed E-state index contributed by atoms with van der Waals surface area (Å²) in [7, 11) is 1.66. The third-order valence-corrected chi connectivity index (χ3v) is 3.44.